The molecule has 2 amide bonds. The molecule has 2 unspecified atom stereocenters. The lowest BCUT2D eigenvalue weighted by atomic mass is 9.99. The van der Waals surface area contributed by atoms with Gasteiger partial charge in [-0.2, -0.15) is 0 Å². The molecular weight excluding hydrogens is 254 g/mol. The number of piperidine rings is 1. The molecule has 2 aliphatic heterocycles. The number of amides is 2. The molecule has 5 heteroatoms. The Labute approximate surface area is 121 Å². The molecule has 2 heterocycles. The zero-order valence-electron chi connectivity index (χ0n) is 12.6. The fraction of sp³-hybridized carbons (Fsp3) is 0.867. The summed E-state index contributed by atoms with van der Waals surface area (Å²) in [5, 5.41) is 9.53. The van der Waals surface area contributed by atoms with E-state index >= 15 is 0 Å². The predicted octanol–water partition coefficient (Wildman–Crippen LogP) is 1.08. The lowest BCUT2D eigenvalue weighted by Gasteiger charge is -2.29. The van der Waals surface area contributed by atoms with Crippen LogP contribution in [0.5, 0.6) is 0 Å². The number of hydrogen-bond donors (Lipinski definition) is 3. The monoisotopic (exact) mass is 281 g/mol. The second kappa shape index (κ2) is 7.07. The van der Waals surface area contributed by atoms with Gasteiger partial charge in [0.05, 0.1) is 0 Å². The zero-order valence-corrected chi connectivity index (χ0v) is 12.6. The van der Waals surface area contributed by atoms with Gasteiger partial charge in [-0.05, 0) is 46.0 Å². The number of carbonyl (C=O) groups excluding carboxylic acids is 2. The fourth-order valence-electron chi connectivity index (χ4n) is 3.28. The Morgan fingerprint density at radius 1 is 1.10 bits per heavy atom. The average Bonchev–Trinajstić information content (AvgIpc) is 2.67. The maximum Gasteiger partial charge on any atom is 0.220 e. The third-order valence-corrected chi connectivity index (χ3v) is 4.10. The molecule has 0 spiro atoms. The molecule has 2 rings (SSSR count). The molecule has 114 valence electrons. The molecule has 2 saturated heterocycles. The zero-order chi connectivity index (χ0) is 14.5. The second-order valence-electron chi connectivity index (χ2n) is 6.45. The van der Waals surface area contributed by atoms with Crippen LogP contribution in [0.15, 0.2) is 0 Å². The maximum atomic E-state index is 11.9. The van der Waals surface area contributed by atoms with Crippen LogP contribution in [0.2, 0.25) is 0 Å². The van der Waals surface area contributed by atoms with Gasteiger partial charge in [0.25, 0.3) is 0 Å². The van der Waals surface area contributed by atoms with Crippen LogP contribution in [0.4, 0.5) is 0 Å². The molecule has 2 atom stereocenters. The Balaban J connectivity index is 1.60. The summed E-state index contributed by atoms with van der Waals surface area (Å²) in [7, 11) is 0. The van der Waals surface area contributed by atoms with Crippen molar-refractivity contribution in [2.45, 2.75) is 83.0 Å². The van der Waals surface area contributed by atoms with Gasteiger partial charge < -0.3 is 16.0 Å². The SMILES string of the molecule is CC(C)NC(=O)CCCC(=O)NC1CC2CCC(C1)N2. The third-order valence-electron chi connectivity index (χ3n) is 4.10. The maximum absolute atomic E-state index is 11.9. The van der Waals surface area contributed by atoms with E-state index in [1.165, 1.54) is 12.8 Å². The van der Waals surface area contributed by atoms with E-state index in [1.54, 1.807) is 0 Å². The van der Waals surface area contributed by atoms with Gasteiger partial charge in [-0.1, -0.05) is 0 Å². The van der Waals surface area contributed by atoms with Crippen molar-refractivity contribution in [2.75, 3.05) is 0 Å². The van der Waals surface area contributed by atoms with E-state index in [0.717, 1.165) is 12.8 Å². The largest absolute Gasteiger partial charge is 0.354 e. The van der Waals surface area contributed by atoms with Crippen molar-refractivity contribution in [3.8, 4) is 0 Å². The van der Waals surface area contributed by atoms with Crippen LogP contribution in [0, 0.1) is 0 Å². The molecule has 0 aromatic rings. The first-order valence-corrected chi connectivity index (χ1v) is 7.87. The van der Waals surface area contributed by atoms with Gasteiger partial charge in [0, 0.05) is 37.0 Å². The number of fused-ring (bicyclic) bond motifs is 2. The molecule has 0 aliphatic carbocycles. The quantitative estimate of drug-likeness (QED) is 0.682. The molecule has 5 nitrogen and oxygen atoms in total. The van der Waals surface area contributed by atoms with Crippen LogP contribution in [-0.4, -0.2) is 36.0 Å². The second-order valence-corrected chi connectivity index (χ2v) is 6.45. The van der Waals surface area contributed by atoms with E-state index in [-0.39, 0.29) is 17.9 Å². The van der Waals surface area contributed by atoms with Crippen LogP contribution < -0.4 is 16.0 Å². The minimum absolute atomic E-state index is 0.0349. The Bertz CT molecular complexity index is 345. The van der Waals surface area contributed by atoms with E-state index in [0.29, 0.717) is 37.4 Å². The van der Waals surface area contributed by atoms with Crippen molar-refractivity contribution in [3.63, 3.8) is 0 Å². The molecule has 0 aromatic carbocycles. The topological polar surface area (TPSA) is 70.2 Å². The van der Waals surface area contributed by atoms with E-state index in [9.17, 15) is 9.59 Å². The standard InChI is InChI=1S/C15H27N3O2/c1-10(2)16-14(19)4-3-5-15(20)18-13-8-11-6-7-12(9-13)17-11/h10-13,17H,3-9H2,1-2H3,(H,16,19)(H,18,20). The first-order valence-electron chi connectivity index (χ1n) is 7.87. The molecule has 3 N–H and O–H groups in total. The Hall–Kier alpha value is -1.10. The van der Waals surface area contributed by atoms with Crippen molar-refractivity contribution in [1.82, 2.24) is 16.0 Å². The summed E-state index contributed by atoms with van der Waals surface area (Å²) in [6, 6.07) is 1.68. The highest BCUT2D eigenvalue weighted by Gasteiger charge is 2.33. The predicted molar refractivity (Wildman–Crippen MR) is 78.2 cm³/mol. The molecule has 2 aliphatic rings. The van der Waals surface area contributed by atoms with Crippen molar-refractivity contribution in [3.05, 3.63) is 0 Å². The smallest absolute Gasteiger partial charge is 0.220 e. The first-order chi connectivity index (χ1) is 9.52. The highest BCUT2D eigenvalue weighted by molar-refractivity contribution is 5.79. The van der Waals surface area contributed by atoms with Gasteiger partial charge in [-0.15, -0.1) is 0 Å². The van der Waals surface area contributed by atoms with E-state index in [1.807, 2.05) is 13.8 Å². The van der Waals surface area contributed by atoms with Crippen LogP contribution in [-0.2, 0) is 9.59 Å². The third kappa shape index (κ3) is 4.78. The Kier molecular flexibility index (Phi) is 5.40. The lowest BCUT2D eigenvalue weighted by Crippen LogP contribution is -2.48. The summed E-state index contributed by atoms with van der Waals surface area (Å²) < 4.78 is 0. The minimum atomic E-state index is 0.0349. The number of hydrogen-bond acceptors (Lipinski definition) is 3. The minimum Gasteiger partial charge on any atom is -0.354 e. The van der Waals surface area contributed by atoms with Crippen molar-refractivity contribution >= 4 is 11.8 Å². The molecule has 2 bridgehead atoms. The van der Waals surface area contributed by atoms with Crippen molar-refractivity contribution < 1.29 is 9.59 Å². The number of nitrogens with one attached hydrogen (secondary N) is 3. The van der Waals surface area contributed by atoms with Gasteiger partial charge in [0.1, 0.15) is 0 Å². The summed E-state index contributed by atoms with van der Waals surface area (Å²) in [5.74, 6) is 0.126. The number of carbonyl (C=O) groups is 2. The molecule has 0 aromatic heterocycles. The van der Waals surface area contributed by atoms with Gasteiger partial charge >= 0.3 is 0 Å². The normalized spacial score (nSPS) is 28.4. The van der Waals surface area contributed by atoms with E-state index in [4.69, 9.17) is 0 Å². The lowest BCUT2D eigenvalue weighted by molar-refractivity contribution is -0.123. The Morgan fingerprint density at radius 3 is 2.30 bits per heavy atom. The fourth-order valence-corrected chi connectivity index (χ4v) is 3.28. The highest BCUT2D eigenvalue weighted by Crippen LogP contribution is 2.26. The van der Waals surface area contributed by atoms with E-state index in [2.05, 4.69) is 16.0 Å². The van der Waals surface area contributed by atoms with E-state index < -0.39 is 0 Å². The summed E-state index contributed by atoms with van der Waals surface area (Å²) in [6.07, 6.45) is 6.10. The van der Waals surface area contributed by atoms with Gasteiger partial charge in [-0.25, -0.2) is 0 Å². The molecule has 20 heavy (non-hydrogen) atoms. The average molecular weight is 281 g/mol. The van der Waals surface area contributed by atoms with Crippen LogP contribution in [0.3, 0.4) is 0 Å². The Morgan fingerprint density at radius 2 is 1.70 bits per heavy atom. The highest BCUT2D eigenvalue weighted by atomic mass is 16.2. The summed E-state index contributed by atoms with van der Waals surface area (Å²) in [5.41, 5.74) is 0. The van der Waals surface area contributed by atoms with Crippen molar-refractivity contribution in [2.24, 2.45) is 0 Å². The molecule has 0 saturated carbocycles. The first kappa shape index (κ1) is 15.3. The van der Waals surface area contributed by atoms with Crippen LogP contribution in [0.1, 0.15) is 58.8 Å². The summed E-state index contributed by atoms with van der Waals surface area (Å²) in [6.45, 7) is 3.88. The molecular formula is C15H27N3O2. The van der Waals surface area contributed by atoms with Gasteiger partial charge in [0.2, 0.25) is 11.8 Å². The number of rotatable bonds is 6. The van der Waals surface area contributed by atoms with Gasteiger partial charge in [-0.3, -0.25) is 9.59 Å². The van der Waals surface area contributed by atoms with Crippen LogP contribution >= 0.6 is 0 Å². The summed E-state index contributed by atoms with van der Waals surface area (Å²) in [4.78, 5) is 23.4. The molecule has 0 radical (unpaired) electrons. The summed E-state index contributed by atoms with van der Waals surface area (Å²) >= 11 is 0. The van der Waals surface area contributed by atoms with Crippen molar-refractivity contribution in [1.29, 1.82) is 0 Å². The molecule has 2 fully saturated rings. The van der Waals surface area contributed by atoms with Crippen LogP contribution in [0.25, 0.3) is 0 Å². The van der Waals surface area contributed by atoms with Gasteiger partial charge in [0.15, 0.2) is 0 Å².